The van der Waals surface area contributed by atoms with Crippen LogP contribution in [0.15, 0.2) is 47.4 Å². The first-order valence-electron chi connectivity index (χ1n) is 6.92. The molecular formula is C16H18ClN3O2. The Balaban J connectivity index is 2.34. The standard InChI is InChI=1S/C16H18ClN3O2/c1-10(2)15(20-9-11(17)6-7-14(20)21)16(22)19-13-5-3-4-12(18)8-13/h3-10,15H,18H2,1-2H3,(H,19,22). The number of hydrogen-bond donors (Lipinski definition) is 2. The smallest absolute Gasteiger partial charge is 0.251 e. The van der Waals surface area contributed by atoms with Gasteiger partial charge in [-0.2, -0.15) is 0 Å². The molecule has 1 amide bonds. The third-order valence-corrected chi connectivity index (χ3v) is 3.48. The van der Waals surface area contributed by atoms with Crippen LogP contribution in [0.3, 0.4) is 0 Å². The van der Waals surface area contributed by atoms with Crippen LogP contribution in [-0.4, -0.2) is 10.5 Å². The Morgan fingerprint density at radius 1 is 1.27 bits per heavy atom. The predicted octanol–water partition coefficient (Wildman–Crippen LogP) is 2.92. The van der Waals surface area contributed by atoms with Crippen LogP contribution in [0.5, 0.6) is 0 Å². The number of pyridine rings is 1. The highest BCUT2D eigenvalue weighted by molar-refractivity contribution is 6.30. The number of carbonyl (C=O) groups excluding carboxylic acids is 1. The molecule has 0 aliphatic carbocycles. The van der Waals surface area contributed by atoms with Crippen molar-refractivity contribution in [2.45, 2.75) is 19.9 Å². The van der Waals surface area contributed by atoms with Crippen LogP contribution < -0.4 is 16.6 Å². The van der Waals surface area contributed by atoms with E-state index in [4.69, 9.17) is 17.3 Å². The lowest BCUT2D eigenvalue weighted by Gasteiger charge is -2.23. The molecule has 0 aliphatic heterocycles. The number of hydrogen-bond acceptors (Lipinski definition) is 3. The molecule has 0 bridgehead atoms. The topological polar surface area (TPSA) is 77.1 Å². The largest absolute Gasteiger partial charge is 0.399 e. The van der Waals surface area contributed by atoms with Gasteiger partial charge in [-0.05, 0) is 30.2 Å². The van der Waals surface area contributed by atoms with Crippen molar-refractivity contribution in [1.82, 2.24) is 4.57 Å². The Morgan fingerprint density at radius 3 is 2.64 bits per heavy atom. The Morgan fingerprint density at radius 2 is 2.00 bits per heavy atom. The minimum absolute atomic E-state index is 0.0859. The van der Waals surface area contributed by atoms with E-state index in [1.54, 1.807) is 24.3 Å². The molecule has 0 spiro atoms. The maximum Gasteiger partial charge on any atom is 0.251 e. The number of benzene rings is 1. The maximum absolute atomic E-state index is 12.6. The molecule has 0 saturated heterocycles. The molecule has 2 aromatic rings. The Hall–Kier alpha value is -2.27. The Kier molecular flexibility index (Phi) is 4.88. The molecule has 1 atom stereocenters. The van der Waals surface area contributed by atoms with Crippen LogP contribution in [0, 0.1) is 5.92 Å². The minimum Gasteiger partial charge on any atom is -0.399 e. The average Bonchev–Trinajstić information content (AvgIpc) is 2.42. The van der Waals surface area contributed by atoms with Crippen molar-refractivity contribution in [3.05, 3.63) is 58.0 Å². The summed E-state index contributed by atoms with van der Waals surface area (Å²) in [7, 11) is 0. The zero-order valence-corrected chi connectivity index (χ0v) is 13.2. The fourth-order valence-electron chi connectivity index (χ4n) is 2.28. The fourth-order valence-corrected chi connectivity index (χ4v) is 2.44. The zero-order chi connectivity index (χ0) is 16.3. The fraction of sp³-hybridized carbons (Fsp3) is 0.250. The number of carbonyl (C=O) groups is 1. The lowest BCUT2D eigenvalue weighted by molar-refractivity contribution is -0.120. The summed E-state index contributed by atoms with van der Waals surface area (Å²) in [5.74, 6) is -0.373. The second kappa shape index (κ2) is 6.66. The Bertz CT molecular complexity index is 740. The van der Waals surface area contributed by atoms with E-state index in [1.807, 2.05) is 13.8 Å². The molecular weight excluding hydrogens is 302 g/mol. The van der Waals surface area contributed by atoms with Gasteiger partial charge in [-0.1, -0.05) is 31.5 Å². The maximum atomic E-state index is 12.6. The molecule has 2 rings (SSSR count). The predicted molar refractivity (Wildman–Crippen MR) is 89.1 cm³/mol. The molecule has 1 aromatic heterocycles. The molecule has 3 N–H and O–H groups in total. The van der Waals surface area contributed by atoms with Gasteiger partial charge in [0, 0.05) is 23.6 Å². The first-order chi connectivity index (χ1) is 10.4. The van der Waals surface area contributed by atoms with Crippen molar-refractivity contribution >= 4 is 28.9 Å². The third kappa shape index (κ3) is 3.68. The number of halogens is 1. The lowest BCUT2D eigenvalue weighted by atomic mass is 10.0. The summed E-state index contributed by atoms with van der Waals surface area (Å²) >= 11 is 5.94. The van der Waals surface area contributed by atoms with Crippen LogP contribution >= 0.6 is 11.6 Å². The van der Waals surface area contributed by atoms with Crippen molar-refractivity contribution < 1.29 is 4.79 Å². The first-order valence-corrected chi connectivity index (χ1v) is 7.30. The molecule has 0 aliphatic rings. The SMILES string of the molecule is CC(C)C(C(=O)Nc1cccc(N)c1)n1cc(Cl)ccc1=O. The van der Waals surface area contributed by atoms with Gasteiger partial charge in [0.1, 0.15) is 6.04 Å². The molecule has 6 heteroatoms. The normalized spacial score (nSPS) is 12.2. The molecule has 1 aromatic carbocycles. The van der Waals surface area contributed by atoms with E-state index in [2.05, 4.69) is 5.32 Å². The highest BCUT2D eigenvalue weighted by Crippen LogP contribution is 2.21. The number of aromatic nitrogens is 1. The van der Waals surface area contributed by atoms with E-state index >= 15 is 0 Å². The highest BCUT2D eigenvalue weighted by atomic mass is 35.5. The Labute approximate surface area is 133 Å². The van der Waals surface area contributed by atoms with Gasteiger partial charge in [-0.25, -0.2) is 0 Å². The number of anilines is 2. The van der Waals surface area contributed by atoms with Crippen LogP contribution in [0.25, 0.3) is 0 Å². The highest BCUT2D eigenvalue weighted by Gasteiger charge is 2.25. The molecule has 0 radical (unpaired) electrons. The molecule has 1 heterocycles. The van der Waals surface area contributed by atoms with Crippen molar-refractivity contribution in [3.63, 3.8) is 0 Å². The van der Waals surface area contributed by atoms with E-state index in [1.165, 1.54) is 22.9 Å². The van der Waals surface area contributed by atoms with Gasteiger partial charge in [0.25, 0.3) is 5.56 Å². The van der Waals surface area contributed by atoms with E-state index in [0.717, 1.165) is 0 Å². The van der Waals surface area contributed by atoms with Crippen molar-refractivity contribution in [3.8, 4) is 0 Å². The van der Waals surface area contributed by atoms with Gasteiger partial charge in [-0.3, -0.25) is 9.59 Å². The van der Waals surface area contributed by atoms with Gasteiger partial charge in [0.15, 0.2) is 0 Å². The minimum atomic E-state index is -0.660. The number of nitrogens with two attached hydrogens (primary N) is 1. The number of nitrogen functional groups attached to an aromatic ring is 1. The second-order valence-electron chi connectivity index (χ2n) is 5.40. The quantitative estimate of drug-likeness (QED) is 0.851. The summed E-state index contributed by atoms with van der Waals surface area (Å²) < 4.78 is 1.36. The van der Waals surface area contributed by atoms with Crippen LogP contribution in [0.2, 0.25) is 5.02 Å². The third-order valence-electron chi connectivity index (χ3n) is 3.26. The van der Waals surface area contributed by atoms with Crippen LogP contribution in [0.4, 0.5) is 11.4 Å². The summed E-state index contributed by atoms with van der Waals surface area (Å²) in [5.41, 5.74) is 6.57. The van der Waals surface area contributed by atoms with Gasteiger partial charge >= 0.3 is 0 Å². The number of nitrogens with one attached hydrogen (secondary N) is 1. The summed E-state index contributed by atoms with van der Waals surface area (Å²) in [6.45, 7) is 3.74. The van der Waals surface area contributed by atoms with E-state index in [0.29, 0.717) is 16.4 Å². The van der Waals surface area contributed by atoms with Gasteiger partial charge in [-0.15, -0.1) is 0 Å². The molecule has 5 nitrogen and oxygen atoms in total. The number of nitrogens with zero attached hydrogens (tertiary/aromatic N) is 1. The summed E-state index contributed by atoms with van der Waals surface area (Å²) in [4.78, 5) is 24.6. The molecule has 0 fully saturated rings. The average molecular weight is 320 g/mol. The van der Waals surface area contributed by atoms with E-state index in [-0.39, 0.29) is 17.4 Å². The zero-order valence-electron chi connectivity index (χ0n) is 12.4. The first kappa shape index (κ1) is 16.1. The van der Waals surface area contributed by atoms with Crippen LogP contribution in [0.1, 0.15) is 19.9 Å². The van der Waals surface area contributed by atoms with E-state index < -0.39 is 6.04 Å². The van der Waals surface area contributed by atoms with Crippen molar-refractivity contribution in [2.75, 3.05) is 11.1 Å². The number of rotatable bonds is 4. The molecule has 22 heavy (non-hydrogen) atoms. The summed E-state index contributed by atoms with van der Waals surface area (Å²) in [5, 5.41) is 3.19. The summed E-state index contributed by atoms with van der Waals surface area (Å²) in [6.07, 6.45) is 1.48. The van der Waals surface area contributed by atoms with Gasteiger partial charge in [0.05, 0.1) is 5.02 Å². The van der Waals surface area contributed by atoms with Crippen LogP contribution in [-0.2, 0) is 4.79 Å². The summed E-state index contributed by atoms with van der Waals surface area (Å²) in [6, 6.07) is 9.09. The molecule has 0 saturated carbocycles. The van der Waals surface area contributed by atoms with Gasteiger partial charge in [0.2, 0.25) is 5.91 Å². The second-order valence-corrected chi connectivity index (χ2v) is 5.83. The van der Waals surface area contributed by atoms with E-state index in [9.17, 15) is 9.59 Å². The number of amides is 1. The molecule has 1 unspecified atom stereocenters. The lowest BCUT2D eigenvalue weighted by Crippen LogP contribution is -2.35. The van der Waals surface area contributed by atoms with Crippen molar-refractivity contribution in [1.29, 1.82) is 0 Å². The van der Waals surface area contributed by atoms with Gasteiger partial charge < -0.3 is 15.6 Å². The molecule has 116 valence electrons. The van der Waals surface area contributed by atoms with Crippen molar-refractivity contribution in [2.24, 2.45) is 5.92 Å². The monoisotopic (exact) mass is 319 g/mol.